The minimum atomic E-state index is -4.66. The third kappa shape index (κ3) is 3.29. The summed E-state index contributed by atoms with van der Waals surface area (Å²) in [5.41, 5.74) is 0.282. The Morgan fingerprint density at radius 3 is 2.15 bits per heavy atom. The molecule has 1 atom stereocenters. The quantitative estimate of drug-likeness (QED) is 0.580. The molecule has 0 spiro atoms. The Morgan fingerprint density at radius 1 is 1.30 bits per heavy atom. The molecule has 1 rings (SSSR count). The highest BCUT2D eigenvalue weighted by molar-refractivity contribution is 7.92. The van der Waals surface area contributed by atoms with Crippen molar-refractivity contribution in [2.45, 2.75) is 17.2 Å². The van der Waals surface area contributed by atoms with Crippen molar-refractivity contribution in [1.29, 1.82) is 0 Å². The Balaban J connectivity index is 3.19. The van der Waals surface area contributed by atoms with Crippen molar-refractivity contribution >= 4 is 27.4 Å². The van der Waals surface area contributed by atoms with Gasteiger partial charge in [0.05, 0.1) is 9.82 Å². The van der Waals surface area contributed by atoms with Crippen molar-refractivity contribution in [3.05, 3.63) is 34.4 Å². The van der Waals surface area contributed by atoms with Crippen molar-refractivity contribution < 1.29 is 28.0 Å². The molecule has 0 aliphatic heterocycles. The van der Waals surface area contributed by atoms with Gasteiger partial charge in [-0.15, -0.1) is 0 Å². The lowest BCUT2D eigenvalue weighted by molar-refractivity contribution is -0.486. The van der Waals surface area contributed by atoms with Crippen LogP contribution in [0.3, 0.4) is 0 Å². The maximum Gasteiger partial charge on any atom is 0.408 e. The molecule has 0 saturated carbocycles. The second-order valence-corrected chi connectivity index (χ2v) is 5.73. The monoisotopic (exact) mass is 302 g/mol. The summed E-state index contributed by atoms with van der Waals surface area (Å²) in [5.74, 6) is -2.45. The number of carbonyl (C=O) groups excluding carboxylic acids is 1. The zero-order valence-electron chi connectivity index (χ0n) is 10.1. The number of nitro groups is 1. The lowest BCUT2D eigenvalue weighted by Crippen LogP contribution is -2.37. The predicted molar refractivity (Wildman–Crippen MR) is 66.3 cm³/mol. The second-order valence-electron chi connectivity index (χ2n) is 3.73. The zero-order chi connectivity index (χ0) is 15.5. The van der Waals surface area contributed by atoms with Gasteiger partial charge in [0, 0.05) is 12.6 Å². The van der Waals surface area contributed by atoms with Crippen LogP contribution >= 0.6 is 0 Å². The molecule has 0 aliphatic rings. The van der Waals surface area contributed by atoms with Crippen LogP contribution < -0.4 is 5.32 Å². The van der Waals surface area contributed by atoms with E-state index in [0.29, 0.717) is 0 Å². The van der Waals surface area contributed by atoms with Crippen LogP contribution in [0, 0.1) is 10.1 Å². The fraction of sp³-hybridized carbons (Fsp3) is 0.200. The van der Waals surface area contributed by atoms with Gasteiger partial charge < -0.3 is 10.4 Å². The molecule has 10 heteroatoms. The van der Waals surface area contributed by atoms with E-state index in [1.807, 2.05) is 0 Å². The summed E-state index contributed by atoms with van der Waals surface area (Å²) >= 11 is 0. The van der Waals surface area contributed by atoms with Crippen LogP contribution in [0.15, 0.2) is 29.2 Å². The SMILES string of the molecule is CC(=O)Nc1ccc(S(=O)(=O)C(C(=O)O)[N+](=O)[O-])cc1. The third-order valence-corrected chi connectivity index (χ3v) is 4.09. The highest BCUT2D eigenvalue weighted by Crippen LogP contribution is 2.19. The van der Waals surface area contributed by atoms with E-state index in [1.165, 1.54) is 19.1 Å². The van der Waals surface area contributed by atoms with Crippen LogP contribution in [0.2, 0.25) is 0 Å². The summed E-state index contributed by atoms with van der Waals surface area (Å²) in [4.78, 5) is 30.1. The number of hydrogen-bond donors (Lipinski definition) is 2. The summed E-state index contributed by atoms with van der Waals surface area (Å²) in [6, 6.07) is 4.38. The van der Waals surface area contributed by atoms with Gasteiger partial charge >= 0.3 is 11.3 Å². The average Bonchev–Trinajstić information content (AvgIpc) is 2.26. The summed E-state index contributed by atoms with van der Waals surface area (Å²) < 4.78 is 23.7. The van der Waals surface area contributed by atoms with Gasteiger partial charge in [0.2, 0.25) is 5.91 Å². The summed E-state index contributed by atoms with van der Waals surface area (Å²) in [5, 5.41) is 18.8. The third-order valence-electron chi connectivity index (χ3n) is 2.20. The number of hydrogen-bond acceptors (Lipinski definition) is 6. The Hall–Kier alpha value is -2.49. The smallest absolute Gasteiger partial charge is 0.408 e. The summed E-state index contributed by atoms with van der Waals surface area (Å²) in [6.07, 6.45) is 0. The van der Waals surface area contributed by atoms with Gasteiger partial charge in [0.15, 0.2) is 0 Å². The number of amides is 1. The fourth-order valence-corrected chi connectivity index (χ4v) is 2.66. The van der Waals surface area contributed by atoms with E-state index in [-0.39, 0.29) is 11.6 Å². The maximum atomic E-state index is 11.8. The number of carbonyl (C=O) groups is 2. The van der Waals surface area contributed by atoms with E-state index in [2.05, 4.69) is 5.32 Å². The van der Waals surface area contributed by atoms with E-state index in [0.717, 1.165) is 12.1 Å². The van der Waals surface area contributed by atoms with Crippen LogP contribution in [-0.4, -0.2) is 35.7 Å². The molecule has 20 heavy (non-hydrogen) atoms. The normalized spacial score (nSPS) is 12.4. The molecule has 108 valence electrons. The van der Waals surface area contributed by atoms with E-state index in [4.69, 9.17) is 5.11 Å². The molecule has 1 aromatic carbocycles. The van der Waals surface area contributed by atoms with E-state index >= 15 is 0 Å². The first-order valence-electron chi connectivity index (χ1n) is 5.14. The molecule has 0 fully saturated rings. The largest absolute Gasteiger partial charge is 0.475 e. The molecule has 1 aromatic rings. The standard InChI is InChI=1S/C10H10N2O7S/c1-6(13)11-7-2-4-8(5-3-7)20(18,19)9(10(14)15)12(16)17/h2-5,9H,1H3,(H,11,13)(H,14,15). The second kappa shape index (κ2) is 5.65. The number of nitrogens with one attached hydrogen (secondary N) is 1. The minimum absolute atomic E-state index is 0.282. The highest BCUT2D eigenvalue weighted by atomic mass is 32.2. The molecule has 9 nitrogen and oxygen atoms in total. The molecule has 0 heterocycles. The molecule has 1 unspecified atom stereocenters. The minimum Gasteiger partial charge on any atom is -0.475 e. The number of sulfone groups is 1. The van der Waals surface area contributed by atoms with Gasteiger partial charge in [0.1, 0.15) is 0 Å². The van der Waals surface area contributed by atoms with Crippen LogP contribution in [0.1, 0.15) is 6.92 Å². The lowest BCUT2D eigenvalue weighted by atomic mass is 10.3. The van der Waals surface area contributed by atoms with Crippen LogP contribution in [-0.2, 0) is 19.4 Å². The summed E-state index contributed by atoms with van der Waals surface area (Å²) in [6.45, 7) is 1.25. The van der Waals surface area contributed by atoms with Crippen molar-refractivity contribution in [2.24, 2.45) is 0 Å². The van der Waals surface area contributed by atoms with E-state index < -0.39 is 31.0 Å². The summed E-state index contributed by atoms with van der Waals surface area (Å²) in [7, 11) is -4.66. The van der Waals surface area contributed by atoms with Gasteiger partial charge in [-0.2, -0.15) is 0 Å². The lowest BCUT2D eigenvalue weighted by Gasteiger charge is -2.08. The molecular formula is C10H10N2O7S. The number of benzene rings is 1. The van der Waals surface area contributed by atoms with Gasteiger partial charge in [-0.1, -0.05) is 0 Å². The molecule has 0 radical (unpaired) electrons. The molecular weight excluding hydrogens is 292 g/mol. The number of aliphatic carboxylic acids is 1. The number of carboxylic acids is 1. The molecule has 2 N–H and O–H groups in total. The highest BCUT2D eigenvalue weighted by Gasteiger charge is 2.44. The Labute approximate surface area is 113 Å². The number of carboxylic acid groups (broad SMARTS) is 1. The van der Waals surface area contributed by atoms with E-state index in [1.54, 1.807) is 0 Å². The predicted octanol–water partition coefficient (Wildman–Crippen LogP) is 0.106. The number of nitrogens with zero attached hydrogens (tertiary/aromatic N) is 1. The Kier molecular flexibility index (Phi) is 4.40. The molecule has 0 aromatic heterocycles. The van der Waals surface area contributed by atoms with Crippen LogP contribution in [0.4, 0.5) is 5.69 Å². The average molecular weight is 302 g/mol. The zero-order valence-corrected chi connectivity index (χ0v) is 11.0. The van der Waals surface area contributed by atoms with Crippen LogP contribution in [0.25, 0.3) is 0 Å². The van der Waals surface area contributed by atoms with Gasteiger partial charge in [-0.3, -0.25) is 14.9 Å². The fourth-order valence-electron chi connectivity index (χ4n) is 1.40. The number of rotatable bonds is 5. The molecule has 0 bridgehead atoms. The van der Waals surface area contributed by atoms with Crippen molar-refractivity contribution in [1.82, 2.24) is 0 Å². The molecule has 0 saturated heterocycles. The molecule has 0 aliphatic carbocycles. The first kappa shape index (κ1) is 15.6. The van der Waals surface area contributed by atoms with E-state index in [9.17, 15) is 28.1 Å². The first-order chi connectivity index (χ1) is 9.16. The Bertz CT molecular complexity index is 637. The van der Waals surface area contributed by atoms with Gasteiger partial charge in [-0.05, 0) is 24.3 Å². The van der Waals surface area contributed by atoms with Crippen LogP contribution in [0.5, 0.6) is 0 Å². The van der Waals surface area contributed by atoms with Crippen molar-refractivity contribution in [3.8, 4) is 0 Å². The Morgan fingerprint density at radius 2 is 1.80 bits per heavy atom. The first-order valence-corrected chi connectivity index (χ1v) is 6.68. The molecule has 1 amide bonds. The maximum absolute atomic E-state index is 11.8. The number of anilines is 1. The van der Waals surface area contributed by atoms with Crippen molar-refractivity contribution in [3.63, 3.8) is 0 Å². The van der Waals surface area contributed by atoms with Crippen molar-refractivity contribution in [2.75, 3.05) is 5.32 Å². The van der Waals surface area contributed by atoms with Gasteiger partial charge in [-0.25, -0.2) is 13.2 Å². The topological polar surface area (TPSA) is 144 Å². The van der Waals surface area contributed by atoms with Gasteiger partial charge in [0.25, 0.3) is 9.84 Å².